The van der Waals surface area contributed by atoms with E-state index in [1.807, 2.05) is 0 Å². The minimum atomic E-state index is -1.36. The normalized spacial score (nSPS) is 26.0. The molecule has 25 heavy (non-hydrogen) atoms. The fraction of sp³-hybridized carbons (Fsp3) is 0.562. The van der Waals surface area contributed by atoms with Crippen molar-refractivity contribution in [2.45, 2.75) is 24.4 Å². The highest BCUT2D eigenvalue weighted by molar-refractivity contribution is 5.91. The number of benzene rings is 1. The van der Waals surface area contributed by atoms with Crippen LogP contribution >= 0.6 is 0 Å². The Balaban J connectivity index is 2.08. The van der Waals surface area contributed by atoms with E-state index in [0.717, 1.165) is 0 Å². The molecular formula is C16H22O9. The molecule has 1 aliphatic rings. The van der Waals surface area contributed by atoms with E-state index in [4.69, 9.17) is 23.7 Å². The third-order valence-corrected chi connectivity index (χ3v) is 3.89. The SMILES string of the molecule is COc1cc(C(=O)OC[C@H]2OC[C@H](O)[C@@H](O)[C@@H]2O)cc(OC)c1OC. The van der Waals surface area contributed by atoms with Gasteiger partial charge in [0.25, 0.3) is 0 Å². The Hall–Kier alpha value is -2.07. The van der Waals surface area contributed by atoms with Crippen LogP contribution in [0.5, 0.6) is 17.2 Å². The molecule has 9 nitrogen and oxygen atoms in total. The lowest BCUT2D eigenvalue weighted by Crippen LogP contribution is -2.54. The van der Waals surface area contributed by atoms with Gasteiger partial charge in [0.1, 0.15) is 31.0 Å². The van der Waals surface area contributed by atoms with Crippen LogP contribution in [0.25, 0.3) is 0 Å². The Kier molecular flexibility index (Phi) is 6.43. The number of rotatable bonds is 6. The van der Waals surface area contributed by atoms with Gasteiger partial charge in [0.05, 0.1) is 33.5 Å². The van der Waals surface area contributed by atoms with E-state index in [2.05, 4.69) is 0 Å². The van der Waals surface area contributed by atoms with Crippen LogP contribution in [0.4, 0.5) is 0 Å². The van der Waals surface area contributed by atoms with Crippen LogP contribution < -0.4 is 14.2 Å². The Bertz CT molecular complexity index is 578. The van der Waals surface area contributed by atoms with Crippen molar-refractivity contribution in [2.24, 2.45) is 0 Å². The second-order valence-corrected chi connectivity index (χ2v) is 5.43. The van der Waals surface area contributed by atoms with Crippen molar-refractivity contribution in [3.05, 3.63) is 17.7 Å². The molecule has 0 amide bonds. The number of ether oxygens (including phenoxy) is 5. The summed E-state index contributed by atoms with van der Waals surface area (Å²) in [5, 5.41) is 28.9. The maximum absolute atomic E-state index is 12.3. The van der Waals surface area contributed by atoms with Gasteiger partial charge >= 0.3 is 5.97 Å². The lowest BCUT2D eigenvalue weighted by Gasteiger charge is -2.34. The quantitative estimate of drug-likeness (QED) is 0.569. The first-order chi connectivity index (χ1) is 11.9. The lowest BCUT2D eigenvalue weighted by atomic mass is 10.0. The zero-order valence-electron chi connectivity index (χ0n) is 14.2. The van der Waals surface area contributed by atoms with Crippen molar-refractivity contribution >= 4 is 5.97 Å². The molecule has 1 aromatic rings. The molecular weight excluding hydrogens is 336 g/mol. The molecule has 0 aliphatic carbocycles. The van der Waals surface area contributed by atoms with Crippen LogP contribution in [0, 0.1) is 0 Å². The van der Waals surface area contributed by atoms with Gasteiger partial charge in [0.2, 0.25) is 5.75 Å². The van der Waals surface area contributed by atoms with Gasteiger partial charge in [0, 0.05) is 0 Å². The number of methoxy groups -OCH3 is 3. The third-order valence-electron chi connectivity index (χ3n) is 3.89. The molecule has 1 aliphatic heterocycles. The van der Waals surface area contributed by atoms with Crippen molar-refractivity contribution in [3.8, 4) is 17.2 Å². The highest BCUT2D eigenvalue weighted by atomic mass is 16.6. The molecule has 1 fully saturated rings. The maximum Gasteiger partial charge on any atom is 0.338 e. The van der Waals surface area contributed by atoms with Gasteiger partial charge in [-0.2, -0.15) is 0 Å². The summed E-state index contributed by atoms with van der Waals surface area (Å²) < 4.78 is 25.8. The van der Waals surface area contributed by atoms with Crippen LogP contribution in [0.1, 0.15) is 10.4 Å². The van der Waals surface area contributed by atoms with E-state index < -0.39 is 30.4 Å². The van der Waals surface area contributed by atoms with Crippen molar-refractivity contribution in [1.29, 1.82) is 0 Å². The van der Waals surface area contributed by atoms with E-state index in [9.17, 15) is 20.1 Å². The average molecular weight is 358 g/mol. The smallest absolute Gasteiger partial charge is 0.338 e. The van der Waals surface area contributed by atoms with Crippen LogP contribution in [-0.4, -0.2) is 80.2 Å². The molecule has 1 aromatic carbocycles. The Labute approximate surface area is 144 Å². The van der Waals surface area contributed by atoms with E-state index in [1.165, 1.54) is 33.5 Å². The van der Waals surface area contributed by atoms with E-state index >= 15 is 0 Å². The molecule has 2 rings (SSSR count). The number of esters is 1. The number of hydrogen-bond donors (Lipinski definition) is 3. The zero-order valence-corrected chi connectivity index (χ0v) is 14.2. The summed E-state index contributed by atoms with van der Waals surface area (Å²) in [5.41, 5.74) is 0.153. The zero-order chi connectivity index (χ0) is 18.6. The second kappa shape index (κ2) is 8.34. The van der Waals surface area contributed by atoms with Gasteiger partial charge in [-0.15, -0.1) is 0 Å². The number of aliphatic hydroxyl groups excluding tert-OH is 3. The summed E-state index contributed by atoms with van der Waals surface area (Å²) in [4.78, 5) is 12.3. The van der Waals surface area contributed by atoms with Gasteiger partial charge < -0.3 is 39.0 Å². The topological polar surface area (TPSA) is 124 Å². The van der Waals surface area contributed by atoms with Gasteiger partial charge in [-0.3, -0.25) is 0 Å². The molecule has 1 saturated heterocycles. The second-order valence-electron chi connectivity index (χ2n) is 5.43. The molecule has 0 spiro atoms. The fourth-order valence-electron chi connectivity index (χ4n) is 2.45. The molecule has 0 radical (unpaired) electrons. The van der Waals surface area contributed by atoms with Crippen LogP contribution in [0.15, 0.2) is 12.1 Å². The average Bonchev–Trinajstić information content (AvgIpc) is 2.63. The Morgan fingerprint density at radius 1 is 1.08 bits per heavy atom. The summed E-state index contributed by atoms with van der Waals surface area (Å²) in [6, 6.07) is 2.86. The number of aliphatic hydroxyl groups is 3. The van der Waals surface area contributed by atoms with E-state index in [-0.39, 0.29) is 18.8 Å². The fourth-order valence-corrected chi connectivity index (χ4v) is 2.45. The van der Waals surface area contributed by atoms with Crippen LogP contribution in [0.2, 0.25) is 0 Å². The molecule has 1 heterocycles. The highest BCUT2D eigenvalue weighted by Gasteiger charge is 2.38. The highest BCUT2D eigenvalue weighted by Crippen LogP contribution is 2.38. The third kappa shape index (κ3) is 4.13. The minimum absolute atomic E-state index is 0.153. The van der Waals surface area contributed by atoms with Gasteiger partial charge in [0.15, 0.2) is 11.5 Å². The number of carbonyl (C=O) groups is 1. The standard InChI is InChI=1S/C16H22O9/c1-21-10-4-8(5-11(22-2)15(10)23-3)16(20)25-7-12-14(19)13(18)9(17)6-24-12/h4-5,9,12-14,17-19H,6-7H2,1-3H3/t9-,12+,13+,14+/m0/s1. The van der Waals surface area contributed by atoms with Crippen molar-refractivity contribution in [2.75, 3.05) is 34.5 Å². The molecule has 0 bridgehead atoms. The molecule has 0 aromatic heterocycles. The largest absolute Gasteiger partial charge is 0.493 e. The van der Waals surface area contributed by atoms with Crippen LogP contribution in [-0.2, 0) is 9.47 Å². The Morgan fingerprint density at radius 3 is 2.20 bits per heavy atom. The summed E-state index contributed by atoms with van der Waals surface area (Å²) in [6.07, 6.45) is -4.85. The maximum atomic E-state index is 12.3. The predicted molar refractivity (Wildman–Crippen MR) is 84.1 cm³/mol. The molecule has 0 unspecified atom stereocenters. The summed E-state index contributed by atoms with van der Waals surface area (Å²) >= 11 is 0. The Morgan fingerprint density at radius 2 is 1.68 bits per heavy atom. The van der Waals surface area contributed by atoms with Crippen molar-refractivity contribution in [1.82, 2.24) is 0 Å². The number of carbonyl (C=O) groups excluding carboxylic acids is 1. The van der Waals surface area contributed by atoms with Gasteiger partial charge in [-0.1, -0.05) is 0 Å². The molecule has 4 atom stereocenters. The molecule has 0 saturated carbocycles. The molecule has 140 valence electrons. The summed E-state index contributed by atoms with van der Waals surface area (Å²) in [6.45, 7) is -0.453. The summed E-state index contributed by atoms with van der Waals surface area (Å²) in [7, 11) is 4.29. The minimum Gasteiger partial charge on any atom is -0.493 e. The van der Waals surface area contributed by atoms with Gasteiger partial charge in [-0.05, 0) is 12.1 Å². The predicted octanol–water partition coefficient (Wildman–Crippen LogP) is -0.649. The molecule has 9 heteroatoms. The lowest BCUT2D eigenvalue weighted by molar-refractivity contribution is -0.195. The van der Waals surface area contributed by atoms with Crippen molar-refractivity contribution < 1.29 is 43.8 Å². The first-order valence-corrected chi connectivity index (χ1v) is 7.55. The molecule has 3 N–H and O–H groups in total. The number of hydrogen-bond acceptors (Lipinski definition) is 9. The van der Waals surface area contributed by atoms with Crippen molar-refractivity contribution in [3.63, 3.8) is 0 Å². The van der Waals surface area contributed by atoms with Crippen LogP contribution in [0.3, 0.4) is 0 Å². The van der Waals surface area contributed by atoms with Gasteiger partial charge in [-0.25, -0.2) is 4.79 Å². The summed E-state index contributed by atoms with van der Waals surface area (Å²) in [5.74, 6) is 0.225. The monoisotopic (exact) mass is 358 g/mol. The van der Waals surface area contributed by atoms with E-state index in [1.54, 1.807) is 0 Å². The first kappa shape index (κ1) is 19.3. The first-order valence-electron chi connectivity index (χ1n) is 7.55. The van der Waals surface area contributed by atoms with E-state index in [0.29, 0.717) is 17.2 Å².